The van der Waals surface area contributed by atoms with Crippen LogP contribution in [0.3, 0.4) is 0 Å². The van der Waals surface area contributed by atoms with Crippen LogP contribution in [0.25, 0.3) is 0 Å². The van der Waals surface area contributed by atoms with Gasteiger partial charge in [-0.25, -0.2) is 4.40 Å². The van der Waals surface area contributed by atoms with Crippen molar-refractivity contribution >= 4 is 18.2 Å². The van der Waals surface area contributed by atoms with Crippen molar-refractivity contribution in [2.45, 2.75) is 77.9 Å². The van der Waals surface area contributed by atoms with Crippen molar-refractivity contribution in [3.63, 3.8) is 0 Å². The van der Waals surface area contributed by atoms with Gasteiger partial charge in [0.15, 0.2) is 0 Å². The van der Waals surface area contributed by atoms with Gasteiger partial charge >= 0.3 is 0 Å². The van der Waals surface area contributed by atoms with E-state index in [0.29, 0.717) is 0 Å². The summed E-state index contributed by atoms with van der Waals surface area (Å²) in [7, 11) is 0. The lowest BCUT2D eigenvalue weighted by Gasteiger charge is -2.25. The Kier molecular flexibility index (Phi) is 5.36. The first-order valence-electron chi connectivity index (χ1n) is 7.67. The van der Waals surface area contributed by atoms with E-state index in [9.17, 15) is 0 Å². The van der Waals surface area contributed by atoms with E-state index < -0.39 is 0 Å². The molecule has 0 saturated heterocycles. The van der Waals surface area contributed by atoms with E-state index in [4.69, 9.17) is 0 Å². The molecule has 0 fully saturated rings. The Labute approximate surface area is 135 Å². The molecule has 0 heterocycles. The minimum Gasteiger partial charge on any atom is -0.223 e. The molecular weight excluding hydrogens is 274 g/mol. The third-order valence-corrected chi connectivity index (χ3v) is 3.97. The fourth-order valence-corrected chi connectivity index (χ4v) is 2.33. The summed E-state index contributed by atoms with van der Waals surface area (Å²) in [5.74, 6) is 0. The van der Waals surface area contributed by atoms with E-state index in [2.05, 4.69) is 84.9 Å². The normalized spacial score (nSPS) is 14.0. The van der Waals surface area contributed by atoms with Crippen molar-refractivity contribution in [2.24, 2.45) is 4.40 Å². The molecule has 0 saturated carbocycles. The van der Waals surface area contributed by atoms with Gasteiger partial charge in [0.25, 0.3) is 0 Å². The van der Waals surface area contributed by atoms with Gasteiger partial charge < -0.3 is 0 Å². The molecule has 0 radical (unpaired) electrons. The third kappa shape index (κ3) is 6.25. The van der Waals surface area contributed by atoms with Crippen LogP contribution in [0, 0.1) is 0 Å². The maximum Gasteiger partial charge on any atom is 0.0424 e. The minimum atomic E-state index is 0.154. The molecular formula is C19H31NS. The van der Waals surface area contributed by atoms with Crippen LogP contribution in [0.1, 0.15) is 79.0 Å². The molecule has 0 aliphatic heterocycles. The highest BCUT2D eigenvalue weighted by Crippen LogP contribution is 2.30. The molecule has 0 atom stereocenters. The zero-order valence-electron chi connectivity index (χ0n) is 15.2. The van der Waals surface area contributed by atoms with Crippen molar-refractivity contribution in [2.75, 3.05) is 0 Å². The second-order valence-corrected chi connectivity index (χ2v) is 10.4. The molecule has 0 aliphatic carbocycles. The van der Waals surface area contributed by atoms with Gasteiger partial charge in [-0.15, -0.1) is 0 Å². The van der Waals surface area contributed by atoms with Crippen LogP contribution in [0.15, 0.2) is 22.6 Å². The summed E-state index contributed by atoms with van der Waals surface area (Å²) in [5, 5.41) is 0. The standard InChI is InChI=1S/C19H31NS/c1-17(2,3)15-10-14(13-20-21-19(7,8)9)11-16(12-15)18(4,5)6/h10-13H,1-9H3. The number of nitrogens with zero attached hydrogens (tertiary/aromatic N) is 1. The molecule has 0 N–H and O–H groups in total. The molecule has 21 heavy (non-hydrogen) atoms. The van der Waals surface area contributed by atoms with Crippen LogP contribution in [0.4, 0.5) is 0 Å². The second-order valence-electron chi connectivity index (χ2n) is 8.78. The molecule has 0 unspecified atom stereocenters. The zero-order valence-corrected chi connectivity index (χ0v) is 16.0. The summed E-state index contributed by atoms with van der Waals surface area (Å²) in [6.45, 7) is 20.1. The Morgan fingerprint density at radius 1 is 0.762 bits per heavy atom. The van der Waals surface area contributed by atoms with Gasteiger partial charge in [-0.1, -0.05) is 47.6 Å². The second kappa shape index (κ2) is 6.16. The monoisotopic (exact) mass is 305 g/mol. The van der Waals surface area contributed by atoms with E-state index in [0.717, 1.165) is 0 Å². The van der Waals surface area contributed by atoms with Gasteiger partial charge in [0.05, 0.1) is 0 Å². The Bertz CT molecular complexity index is 476. The van der Waals surface area contributed by atoms with Crippen LogP contribution in [-0.4, -0.2) is 11.0 Å². The first-order valence-corrected chi connectivity index (χ1v) is 8.44. The smallest absolute Gasteiger partial charge is 0.0424 e. The summed E-state index contributed by atoms with van der Waals surface area (Å²) in [4.78, 5) is 0. The first kappa shape index (κ1) is 18.3. The molecule has 0 amide bonds. The number of benzene rings is 1. The lowest BCUT2D eigenvalue weighted by Crippen LogP contribution is -2.17. The molecule has 2 heteroatoms. The molecule has 1 aromatic carbocycles. The van der Waals surface area contributed by atoms with E-state index in [-0.39, 0.29) is 15.6 Å². The Hall–Kier alpha value is -0.760. The maximum atomic E-state index is 4.55. The third-order valence-electron chi connectivity index (χ3n) is 3.22. The highest BCUT2D eigenvalue weighted by Gasteiger charge is 2.20. The molecule has 118 valence electrons. The van der Waals surface area contributed by atoms with Crippen LogP contribution in [-0.2, 0) is 10.8 Å². The van der Waals surface area contributed by atoms with Gasteiger partial charge in [-0.3, -0.25) is 0 Å². The summed E-state index contributed by atoms with van der Waals surface area (Å²) in [6, 6.07) is 6.87. The quantitative estimate of drug-likeness (QED) is 0.471. The lowest BCUT2D eigenvalue weighted by molar-refractivity contribution is 0.568. The van der Waals surface area contributed by atoms with Gasteiger partial charge in [0, 0.05) is 11.0 Å². The van der Waals surface area contributed by atoms with E-state index in [1.54, 1.807) is 11.9 Å². The topological polar surface area (TPSA) is 12.4 Å². The largest absolute Gasteiger partial charge is 0.223 e. The molecule has 1 aromatic rings. The van der Waals surface area contributed by atoms with Crippen molar-refractivity contribution in [1.82, 2.24) is 0 Å². The van der Waals surface area contributed by atoms with Gasteiger partial charge in [-0.05, 0) is 72.4 Å². The summed E-state index contributed by atoms with van der Waals surface area (Å²) in [5.41, 5.74) is 4.25. The fourth-order valence-electron chi connectivity index (χ4n) is 1.84. The molecule has 0 aliphatic rings. The van der Waals surface area contributed by atoms with Crippen LogP contribution in [0.5, 0.6) is 0 Å². The van der Waals surface area contributed by atoms with Crippen molar-refractivity contribution < 1.29 is 0 Å². The zero-order chi connectivity index (χ0) is 16.5. The number of rotatable bonds is 2. The predicted molar refractivity (Wildman–Crippen MR) is 98.8 cm³/mol. The number of hydrogen-bond acceptors (Lipinski definition) is 2. The molecule has 0 aromatic heterocycles. The molecule has 0 bridgehead atoms. The first-order chi connectivity index (χ1) is 9.29. The Morgan fingerprint density at radius 3 is 1.52 bits per heavy atom. The maximum absolute atomic E-state index is 4.55. The van der Waals surface area contributed by atoms with Gasteiger partial charge in [-0.2, -0.15) is 0 Å². The number of hydrogen-bond donors (Lipinski definition) is 0. The van der Waals surface area contributed by atoms with Crippen molar-refractivity contribution in [3.8, 4) is 0 Å². The highest BCUT2D eigenvalue weighted by atomic mass is 32.2. The summed E-state index contributed by atoms with van der Waals surface area (Å²) in [6.07, 6.45) is 2.00. The summed E-state index contributed by atoms with van der Waals surface area (Å²) < 4.78 is 4.71. The van der Waals surface area contributed by atoms with E-state index >= 15 is 0 Å². The van der Waals surface area contributed by atoms with Gasteiger partial charge in [0.2, 0.25) is 0 Å². The van der Waals surface area contributed by atoms with Gasteiger partial charge in [0.1, 0.15) is 0 Å². The lowest BCUT2D eigenvalue weighted by atomic mass is 9.80. The van der Waals surface area contributed by atoms with E-state index in [1.165, 1.54) is 16.7 Å². The fraction of sp³-hybridized carbons (Fsp3) is 0.632. The van der Waals surface area contributed by atoms with Crippen molar-refractivity contribution in [3.05, 3.63) is 34.9 Å². The van der Waals surface area contributed by atoms with E-state index in [1.807, 2.05) is 6.21 Å². The Morgan fingerprint density at radius 2 is 1.19 bits per heavy atom. The summed E-state index contributed by atoms with van der Waals surface area (Å²) >= 11 is 1.62. The van der Waals surface area contributed by atoms with Crippen LogP contribution in [0.2, 0.25) is 0 Å². The average Bonchev–Trinajstić information content (AvgIpc) is 2.24. The SMILES string of the molecule is CC(C)(C)SN=Cc1cc(C(C)(C)C)cc(C(C)(C)C)c1. The average molecular weight is 306 g/mol. The molecule has 0 spiro atoms. The predicted octanol–water partition coefficient (Wildman–Crippen LogP) is 6.15. The van der Waals surface area contributed by atoms with Crippen molar-refractivity contribution in [1.29, 1.82) is 0 Å². The highest BCUT2D eigenvalue weighted by molar-refractivity contribution is 7.99. The van der Waals surface area contributed by atoms with Crippen LogP contribution >= 0.6 is 11.9 Å². The van der Waals surface area contributed by atoms with Crippen LogP contribution < -0.4 is 0 Å². The molecule has 1 rings (SSSR count). The minimum absolute atomic E-state index is 0.154. The molecule has 1 nitrogen and oxygen atoms in total. The Balaban J connectivity index is 3.20.